The summed E-state index contributed by atoms with van der Waals surface area (Å²) in [5, 5.41) is 3.42. The number of hydrogen-bond donors (Lipinski definition) is 1. The third kappa shape index (κ3) is 4.88. The molecule has 2 rings (SSSR count). The van der Waals surface area contributed by atoms with Crippen molar-refractivity contribution in [3.8, 4) is 0 Å². The van der Waals surface area contributed by atoms with E-state index in [4.69, 9.17) is 4.98 Å². The molecule has 3 nitrogen and oxygen atoms in total. The molecule has 1 aromatic rings. The topological polar surface area (TPSA) is 28.2 Å². The number of hydrogen-bond acceptors (Lipinski definition) is 3. The quantitative estimate of drug-likeness (QED) is 0.907. The smallest absolute Gasteiger partial charge is 0.0583 e. The van der Waals surface area contributed by atoms with Gasteiger partial charge in [0.05, 0.1) is 11.7 Å². The molecule has 0 aromatic carbocycles. The predicted molar refractivity (Wildman–Crippen MR) is 90.1 cm³/mol. The molecule has 1 N–H and O–H groups in total. The van der Waals surface area contributed by atoms with Crippen molar-refractivity contribution in [1.29, 1.82) is 0 Å². The molecule has 20 heavy (non-hydrogen) atoms. The van der Waals surface area contributed by atoms with Gasteiger partial charge in [-0.1, -0.05) is 26.8 Å². The maximum Gasteiger partial charge on any atom is 0.0583 e. The number of aromatic nitrogens is 1. The highest BCUT2D eigenvalue weighted by atomic mass is 35.5. The second-order valence-electron chi connectivity index (χ2n) is 6.26. The van der Waals surface area contributed by atoms with Crippen LogP contribution in [0.15, 0.2) is 18.2 Å². The summed E-state index contributed by atoms with van der Waals surface area (Å²) in [7, 11) is 0. The molecule has 1 fully saturated rings. The van der Waals surface area contributed by atoms with E-state index in [2.05, 4.69) is 56.1 Å². The summed E-state index contributed by atoms with van der Waals surface area (Å²) in [6, 6.07) is 6.77. The highest BCUT2D eigenvalue weighted by molar-refractivity contribution is 5.85. The van der Waals surface area contributed by atoms with Gasteiger partial charge in [0.1, 0.15) is 0 Å². The van der Waals surface area contributed by atoms with Crippen molar-refractivity contribution in [2.24, 2.45) is 5.41 Å². The Morgan fingerprint density at radius 2 is 1.75 bits per heavy atom. The lowest BCUT2D eigenvalue weighted by Crippen LogP contribution is -2.48. The fourth-order valence-corrected chi connectivity index (χ4v) is 2.84. The summed E-state index contributed by atoms with van der Waals surface area (Å²) >= 11 is 0. The van der Waals surface area contributed by atoms with Crippen LogP contribution in [0.3, 0.4) is 0 Å². The van der Waals surface area contributed by atoms with Crippen LogP contribution < -0.4 is 5.32 Å². The highest BCUT2D eigenvalue weighted by Crippen LogP contribution is 2.37. The molecule has 0 radical (unpaired) electrons. The van der Waals surface area contributed by atoms with Gasteiger partial charge < -0.3 is 5.32 Å². The van der Waals surface area contributed by atoms with Gasteiger partial charge in [-0.15, -0.1) is 24.8 Å². The number of nitrogens with zero attached hydrogens (tertiary/aromatic N) is 2. The molecular weight excluding hydrogens is 293 g/mol. The van der Waals surface area contributed by atoms with Crippen LogP contribution in [0.1, 0.15) is 38.2 Å². The summed E-state index contributed by atoms with van der Waals surface area (Å²) in [6.45, 7) is 13.4. The van der Waals surface area contributed by atoms with Crippen LogP contribution in [0.4, 0.5) is 0 Å². The molecule has 1 aliphatic heterocycles. The fraction of sp³-hybridized carbons (Fsp3) is 0.667. The minimum absolute atomic E-state index is 0. The Morgan fingerprint density at radius 3 is 2.25 bits per heavy atom. The molecule has 5 heteroatoms. The molecule has 0 aliphatic carbocycles. The van der Waals surface area contributed by atoms with Crippen molar-refractivity contribution < 1.29 is 0 Å². The molecule has 0 spiro atoms. The molecule has 0 bridgehead atoms. The lowest BCUT2D eigenvalue weighted by atomic mass is 9.83. The van der Waals surface area contributed by atoms with Gasteiger partial charge in [-0.05, 0) is 24.5 Å². The van der Waals surface area contributed by atoms with E-state index in [0.717, 1.165) is 31.9 Å². The van der Waals surface area contributed by atoms with Crippen molar-refractivity contribution >= 4 is 24.8 Å². The number of rotatable bonds is 2. The second-order valence-corrected chi connectivity index (χ2v) is 6.26. The number of piperazine rings is 1. The van der Waals surface area contributed by atoms with E-state index < -0.39 is 0 Å². The van der Waals surface area contributed by atoms with Gasteiger partial charge in [-0.3, -0.25) is 9.88 Å². The summed E-state index contributed by atoms with van der Waals surface area (Å²) < 4.78 is 0. The molecule has 1 aromatic heterocycles. The van der Waals surface area contributed by atoms with Crippen molar-refractivity contribution in [3.05, 3.63) is 29.6 Å². The normalized spacial score (nSPS) is 17.8. The molecule has 1 saturated heterocycles. The Morgan fingerprint density at radius 1 is 1.15 bits per heavy atom. The Kier molecular flexibility index (Phi) is 8.04. The Bertz CT molecular complexity index is 398. The van der Waals surface area contributed by atoms with Crippen molar-refractivity contribution in [2.45, 2.75) is 33.7 Å². The van der Waals surface area contributed by atoms with E-state index in [1.165, 1.54) is 5.69 Å². The minimum Gasteiger partial charge on any atom is -0.314 e. The van der Waals surface area contributed by atoms with Crippen LogP contribution >= 0.6 is 24.8 Å². The predicted octanol–water partition coefficient (Wildman–Crippen LogP) is 3.23. The van der Waals surface area contributed by atoms with Crippen molar-refractivity contribution in [1.82, 2.24) is 15.2 Å². The SMILES string of the molecule is Cc1cccc([C@H](N2CCNCC2)C(C)(C)C)n1.Cl.Cl. The molecule has 1 aliphatic rings. The minimum atomic E-state index is 0. The number of nitrogens with one attached hydrogen (secondary N) is 1. The van der Waals surface area contributed by atoms with E-state index in [1.807, 2.05) is 0 Å². The summed E-state index contributed by atoms with van der Waals surface area (Å²) in [4.78, 5) is 7.32. The average molecular weight is 320 g/mol. The summed E-state index contributed by atoms with van der Waals surface area (Å²) in [5.41, 5.74) is 2.53. The van der Waals surface area contributed by atoms with Gasteiger partial charge in [-0.2, -0.15) is 0 Å². The van der Waals surface area contributed by atoms with E-state index in [-0.39, 0.29) is 30.2 Å². The Hall–Kier alpha value is -0.350. The molecule has 0 saturated carbocycles. The first-order chi connectivity index (χ1) is 8.48. The second kappa shape index (κ2) is 8.18. The standard InChI is InChI=1S/C15H25N3.2ClH/c1-12-6-5-7-13(17-12)14(15(2,3)4)18-10-8-16-9-11-18;;/h5-7,14,16H,8-11H2,1-4H3;2*1H/t14-;;/m0../s1. The lowest BCUT2D eigenvalue weighted by Gasteiger charge is -2.42. The zero-order valence-corrected chi connectivity index (χ0v) is 14.5. The first-order valence-electron chi connectivity index (χ1n) is 6.87. The lowest BCUT2D eigenvalue weighted by molar-refractivity contribution is 0.0830. The van der Waals surface area contributed by atoms with Crippen LogP contribution in [0.2, 0.25) is 0 Å². The fourth-order valence-electron chi connectivity index (χ4n) is 2.84. The summed E-state index contributed by atoms with van der Waals surface area (Å²) in [6.07, 6.45) is 0. The summed E-state index contributed by atoms with van der Waals surface area (Å²) in [5.74, 6) is 0. The molecule has 0 amide bonds. The van der Waals surface area contributed by atoms with Gasteiger partial charge >= 0.3 is 0 Å². The van der Waals surface area contributed by atoms with Gasteiger partial charge in [-0.25, -0.2) is 0 Å². The number of halogens is 2. The molecule has 116 valence electrons. The van der Waals surface area contributed by atoms with Crippen LogP contribution in [-0.2, 0) is 0 Å². The van der Waals surface area contributed by atoms with Crippen molar-refractivity contribution in [2.75, 3.05) is 26.2 Å². The van der Waals surface area contributed by atoms with Gasteiger partial charge in [0.25, 0.3) is 0 Å². The van der Waals surface area contributed by atoms with Crippen LogP contribution in [0.25, 0.3) is 0 Å². The van der Waals surface area contributed by atoms with E-state index in [0.29, 0.717) is 6.04 Å². The monoisotopic (exact) mass is 319 g/mol. The molecular formula is C15H27Cl2N3. The van der Waals surface area contributed by atoms with Gasteiger partial charge in [0, 0.05) is 31.9 Å². The number of aryl methyl sites for hydroxylation is 1. The largest absolute Gasteiger partial charge is 0.314 e. The van der Waals surface area contributed by atoms with E-state index in [9.17, 15) is 0 Å². The average Bonchev–Trinajstić information content (AvgIpc) is 2.28. The molecule has 1 atom stereocenters. The maximum absolute atomic E-state index is 4.75. The molecule has 2 heterocycles. The van der Waals surface area contributed by atoms with Crippen LogP contribution in [-0.4, -0.2) is 36.1 Å². The van der Waals surface area contributed by atoms with E-state index >= 15 is 0 Å². The maximum atomic E-state index is 4.75. The van der Waals surface area contributed by atoms with Gasteiger partial charge in [0.15, 0.2) is 0 Å². The molecule has 0 unspecified atom stereocenters. The van der Waals surface area contributed by atoms with Crippen LogP contribution in [0, 0.1) is 12.3 Å². The number of pyridine rings is 1. The highest BCUT2D eigenvalue weighted by Gasteiger charge is 2.33. The Balaban J connectivity index is 0.00000180. The van der Waals surface area contributed by atoms with E-state index in [1.54, 1.807) is 0 Å². The van der Waals surface area contributed by atoms with Gasteiger partial charge in [0.2, 0.25) is 0 Å². The third-order valence-electron chi connectivity index (χ3n) is 3.53. The Labute approximate surface area is 135 Å². The van der Waals surface area contributed by atoms with Crippen LogP contribution in [0.5, 0.6) is 0 Å². The zero-order valence-electron chi connectivity index (χ0n) is 12.8. The van der Waals surface area contributed by atoms with Crippen molar-refractivity contribution in [3.63, 3.8) is 0 Å². The first-order valence-corrected chi connectivity index (χ1v) is 6.87. The third-order valence-corrected chi connectivity index (χ3v) is 3.53. The first kappa shape index (κ1) is 19.7. The zero-order chi connectivity index (χ0) is 13.2.